The van der Waals surface area contributed by atoms with Crippen molar-refractivity contribution < 1.29 is 0 Å². The van der Waals surface area contributed by atoms with Gasteiger partial charge in [0, 0.05) is 11.1 Å². The molecule has 0 amide bonds. The van der Waals surface area contributed by atoms with Crippen molar-refractivity contribution in [2.45, 2.75) is 32.7 Å². The lowest BCUT2D eigenvalue weighted by Gasteiger charge is -2.16. The second-order valence-corrected chi connectivity index (χ2v) is 4.52. The van der Waals surface area contributed by atoms with E-state index in [2.05, 4.69) is 25.2 Å². The van der Waals surface area contributed by atoms with E-state index in [0.29, 0.717) is 6.04 Å². The van der Waals surface area contributed by atoms with E-state index in [9.17, 15) is 0 Å². The second-order valence-electron chi connectivity index (χ2n) is 4.09. The summed E-state index contributed by atoms with van der Waals surface area (Å²) >= 11 is 6.07. The minimum Gasteiger partial charge on any atom is -0.310 e. The fourth-order valence-electron chi connectivity index (χ4n) is 2.15. The van der Waals surface area contributed by atoms with E-state index >= 15 is 0 Å². The Labute approximate surface area is 90.5 Å². The molecule has 2 heteroatoms. The molecule has 1 nitrogen and oxygen atoms in total. The molecule has 1 fully saturated rings. The van der Waals surface area contributed by atoms with Crippen molar-refractivity contribution in [2.75, 3.05) is 6.54 Å². The molecule has 0 spiro atoms. The van der Waals surface area contributed by atoms with Gasteiger partial charge in [0.25, 0.3) is 0 Å². The number of benzene rings is 1. The average Bonchev–Trinajstić information content (AvgIpc) is 2.63. The first-order chi connectivity index (χ1) is 6.68. The van der Waals surface area contributed by atoms with Crippen molar-refractivity contribution in [3.63, 3.8) is 0 Å². The van der Waals surface area contributed by atoms with Gasteiger partial charge in [-0.1, -0.05) is 11.6 Å². The van der Waals surface area contributed by atoms with Gasteiger partial charge in [0.05, 0.1) is 0 Å². The maximum absolute atomic E-state index is 6.07. The van der Waals surface area contributed by atoms with E-state index in [1.807, 2.05) is 6.07 Å². The van der Waals surface area contributed by atoms with Crippen LogP contribution in [-0.2, 0) is 0 Å². The normalized spacial score (nSPS) is 21.5. The molecule has 76 valence electrons. The van der Waals surface area contributed by atoms with E-state index < -0.39 is 0 Å². The Bertz CT molecular complexity index is 340. The van der Waals surface area contributed by atoms with Gasteiger partial charge in [-0.25, -0.2) is 0 Å². The van der Waals surface area contributed by atoms with Crippen LogP contribution >= 0.6 is 11.6 Å². The molecular weight excluding hydrogens is 194 g/mol. The average molecular weight is 210 g/mol. The van der Waals surface area contributed by atoms with Crippen LogP contribution in [0.1, 0.15) is 35.6 Å². The maximum Gasteiger partial charge on any atom is 0.0412 e. The fourth-order valence-corrected chi connectivity index (χ4v) is 2.43. The summed E-state index contributed by atoms with van der Waals surface area (Å²) in [5.41, 5.74) is 4.06. The van der Waals surface area contributed by atoms with Gasteiger partial charge in [0.15, 0.2) is 0 Å². The fraction of sp³-hybridized carbons (Fsp3) is 0.500. The lowest BCUT2D eigenvalue weighted by molar-refractivity contribution is 0.643. The topological polar surface area (TPSA) is 12.0 Å². The summed E-state index contributed by atoms with van der Waals surface area (Å²) in [6.07, 6.45) is 2.51. The number of hydrogen-bond donors (Lipinski definition) is 1. The molecule has 2 rings (SSSR count). The lowest BCUT2D eigenvalue weighted by Crippen LogP contribution is -2.14. The van der Waals surface area contributed by atoms with Gasteiger partial charge >= 0.3 is 0 Å². The van der Waals surface area contributed by atoms with Crippen LogP contribution in [0, 0.1) is 13.8 Å². The summed E-state index contributed by atoms with van der Waals surface area (Å²) in [5.74, 6) is 0. The minimum atomic E-state index is 0.521. The van der Waals surface area contributed by atoms with Gasteiger partial charge in [-0.15, -0.1) is 0 Å². The van der Waals surface area contributed by atoms with E-state index in [-0.39, 0.29) is 0 Å². The van der Waals surface area contributed by atoms with Gasteiger partial charge in [0.1, 0.15) is 0 Å². The van der Waals surface area contributed by atoms with Gasteiger partial charge in [-0.2, -0.15) is 0 Å². The Morgan fingerprint density at radius 2 is 2.14 bits per heavy atom. The van der Waals surface area contributed by atoms with Crippen molar-refractivity contribution in [2.24, 2.45) is 0 Å². The summed E-state index contributed by atoms with van der Waals surface area (Å²) in [7, 11) is 0. The molecule has 0 radical (unpaired) electrons. The highest BCUT2D eigenvalue weighted by atomic mass is 35.5. The molecule has 1 aliphatic rings. The maximum atomic E-state index is 6.07. The molecular formula is C12H16ClN. The van der Waals surface area contributed by atoms with Crippen molar-refractivity contribution in [3.05, 3.63) is 33.8 Å². The van der Waals surface area contributed by atoms with Crippen LogP contribution in [0.15, 0.2) is 12.1 Å². The molecule has 0 aliphatic carbocycles. The predicted molar refractivity (Wildman–Crippen MR) is 60.9 cm³/mol. The highest BCUT2D eigenvalue weighted by Gasteiger charge is 2.18. The van der Waals surface area contributed by atoms with Crippen molar-refractivity contribution in [3.8, 4) is 0 Å². The molecule has 1 atom stereocenters. The summed E-state index contributed by atoms with van der Waals surface area (Å²) in [6.45, 7) is 5.44. The molecule has 1 heterocycles. The Hall–Kier alpha value is -0.530. The van der Waals surface area contributed by atoms with Crippen LogP contribution in [0.2, 0.25) is 5.02 Å². The quantitative estimate of drug-likeness (QED) is 0.748. The van der Waals surface area contributed by atoms with Crippen molar-refractivity contribution in [1.82, 2.24) is 5.32 Å². The van der Waals surface area contributed by atoms with Crippen LogP contribution < -0.4 is 5.32 Å². The van der Waals surface area contributed by atoms with Crippen LogP contribution in [-0.4, -0.2) is 6.54 Å². The third-order valence-electron chi connectivity index (χ3n) is 3.11. The molecule has 1 aromatic rings. The largest absolute Gasteiger partial charge is 0.310 e. The highest BCUT2D eigenvalue weighted by molar-refractivity contribution is 6.30. The Morgan fingerprint density at radius 1 is 1.36 bits per heavy atom. The van der Waals surface area contributed by atoms with E-state index in [1.165, 1.54) is 29.5 Å². The van der Waals surface area contributed by atoms with Gasteiger partial charge < -0.3 is 5.32 Å². The zero-order valence-corrected chi connectivity index (χ0v) is 9.49. The standard InChI is InChI=1S/C12H16ClN/c1-8-6-10(13)7-11(9(8)2)12-4-3-5-14-12/h6-7,12,14H,3-5H2,1-2H3. The van der Waals surface area contributed by atoms with Crippen molar-refractivity contribution in [1.29, 1.82) is 0 Å². The molecule has 1 saturated heterocycles. The molecule has 1 N–H and O–H groups in total. The highest BCUT2D eigenvalue weighted by Crippen LogP contribution is 2.29. The molecule has 0 bridgehead atoms. The third-order valence-corrected chi connectivity index (χ3v) is 3.33. The zero-order chi connectivity index (χ0) is 10.1. The van der Waals surface area contributed by atoms with E-state index in [0.717, 1.165) is 11.6 Å². The third kappa shape index (κ3) is 1.79. The van der Waals surface area contributed by atoms with E-state index in [1.54, 1.807) is 0 Å². The summed E-state index contributed by atoms with van der Waals surface area (Å²) in [5, 5.41) is 4.37. The van der Waals surface area contributed by atoms with Gasteiger partial charge in [0.2, 0.25) is 0 Å². The second kappa shape index (κ2) is 3.92. The summed E-state index contributed by atoms with van der Waals surface area (Å²) in [4.78, 5) is 0. The van der Waals surface area contributed by atoms with E-state index in [4.69, 9.17) is 11.6 Å². The molecule has 1 aliphatic heterocycles. The Kier molecular flexibility index (Phi) is 2.80. The Morgan fingerprint density at radius 3 is 2.79 bits per heavy atom. The monoisotopic (exact) mass is 209 g/mol. The van der Waals surface area contributed by atoms with Gasteiger partial charge in [-0.3, -0.25) is 0 Å². The number of hydrogen-bond acceptors (Lipinski definition) is 1. The van der Waals surface area contributed by atoms with Gasteiger partial charge in [-0.05, 0) is 62.1 Å². The summed E-state index contributed by atoms with van der Waals surface area (Å²) in [6, 6.07) is 4.66. The first-order valence-electron chi connectivity index (χ1n) is 5.18. The minimum absolute atomic E-state index is 0.521. The van der Waals surface area contributed by atoms with Crippen LogP contribution in [0.4, 0.5) is 0 Å². The lowest BCUT2D eigenvalue weighted by atomic mass is 9.96. The zero-order valence-electron chi connectivity index (χ0n) is 8.73. The number of halogens is 1. The molecule has 0 aromatic heterocycles. The summed E-state index contributed by atoms with van der Waals surface area (Å²) < 4.78 is 0. The predicted octanol–water partition coefficient (Wildman–Crippen LogP) is 3.38. The molecule has 1 unspecified atom stereocenters. The number of nitrogens with one attached hydrogen (secondary N) is 1. The molecule has 1 aromatic carbocycles. The Balaban J connectivity index is 2.40. The molecule has 14 heavy (non-hydrogen) atoms. The molecule has 0 saturated carbocycles. The van der Waals surface area contributed by atoms with Crippen LogP contribution in [0.3, 0.4) is 0 Å². The van der Waals surface area contributed by atoms with Crippen LogP contribution in [0.25, 0.3) is 0 Å². The SMILES string of the molecule is Cc1cc(Cl)cc(C2CCCN2)c1C. The van der Waals surface area contributed by atoms with Crippen LogP contribution in [0.5, 0.6) is 0 Å². The number of rotatable bonds is 1. The first-order valence-corrected chi connectivity index (χ1v) is 5.56. The first kappa shape index (κ1) is 10.0. The number of aryl methyl sites for hydroxylation is 1. The van der Waals surface area contributed by atoms with Crippen molar-refractivity contribution >= 4 is 11.6 Å². The smallest absolute Gasteiger partial charge is 0.0412 e.